The number of rotatable bonds is 3. The van der Waals surface area contributed by atoms with Crippen LogP contribution in [0.1, 0.15) is 17.5 Å². The number of hydrogen-bond acceptors (Lipinski definition) is 2. The first kappa shape index (κ1) is 13.1. The van der Waals surface area contributed by atoms with E-state index < -0.39 is 17.7 Å². The second kappa shape index (κ2) is 4.90. The van der Waals surface area contributed by atoms with Gasteiger partial charge in [0.05, 0.1) is 12.0 Å². The lowest BCUT2D eigenvalue weighted by Crippen LogP contribution is -2.08. The van der Waals surface area contributed by atoms with Gasteiger partial charge in [0.1, 0.15) is 0 Å². The minimum atomic E-state index is -4.48. The summed E-state index contributed by atoms with van der Waals surface area (Å²) in [5.74, 6) is -1.01. The van der Waals surface area contributed by atoms with E-state index in [9.17, 15) is 18.0 Å². The van der Waals surface area contributed by atoms with Gasteiger partial charge in [0.25, 0.3) is 0 Å². The number of anilines is 1. The Morgan fingerprint density at radius 1 is 1.41 bits per heavy atom. The summed E-state index contributed by atoms with van der Waals surface area (Å²) in [6, 6.07) is 3.26. The third kappa shape index (κ3) is 3.82. The Balaban J connectivity index is 2.90. The van der Waals surface area contributed by atoms with Crippen molar-refractivity contribution in [3.05, 3.63) is 35.4 Å². The highest BCUT2D eigenvalue weighted by Gasteiger charge is 2.32. The van der Waals surface area contributed by atoms with Gasteiger partial charge in [-0.15, -0.1) is 0 Å². The van der Waals surface area contributed by atoms with E-state index in [0.717, 1.165) is 12.1 Å². The summed E-state index contributed by atoms with van der Waals surface area (Å²) in [5, 5.41) is 8.37. The van der Waals surface area contributed by atoms with Crippen LogP contribution >= 0.6 is 0 Å². The van der Waals surface area contributed by atoms with E-state index in [1.165, 1.54) is 18.2 Å². The Labute approximate surface area is 95.4 Å². The van der Waals surface area contributed by atoms with Crippen LogP contribution in [0, 0.1) is 0 Å². The zero-order valence-corrected chi connectivity index (χ0v) is 8.66. The van der Waals surface area contributed by atoms with E-state index in [1.807, 2.05) is 0 Å². The summed E-state index contributed by atoms with van der Waals surface area (Å²) in [6.45, 7) is 0. The van der Waals surface area contributed by atoms with Crippen molar-refractivity contribution in [2.45, 2.75) is 12.6 Å². The molecule has 3 nitrogen and oxygen atoms in total. The molecule has 0 spiro atoms. The van der Waals surface area contributed by atoms with Crippen molar-refractivity contribution < 1.29 is 23.1 Å². The van der Waals surface area contributed by atoms with Crippen LogP contribution in [0.15, 0.2) is 24.3 Å². The number of hydrogen-bond donors (Lipinski definition) is 2. The molecule has 0 aromatic heterocycles. The number of aliphatic carboxylic acids is 1. The highest BCUT2D eigenvalue weighted by Crippen LogP contribution is 2.33. The van der Waals surface area contributed by atoms with Gasteiger partial charge in [-0.25, -0.2) is 0 Å². The molecule has 1 rings (SSSR count). The zero-order valence-electron chi connectivity index (χ0n) is 8.66. The molecule has 0 fully saturated rings. The van der Waals surface area contributed by atoms with Gasteiger partial charge in [-0.2, -0.15) is 13.2 Å². The quantitative estimate of drug-likeness (QED) is 0.805. The summed E-state index contributed by atoms with van der Waals surface area (Å²) in [5.41, 5.74) is 4.42. The molecule has 0 radical (unpaired) electrons. The molecular weight excluding hydrogens is 235 g/mol. The van der Waals surface area contributed by atoms with Gasteiger partial charge < -0.3 is 10.8 Å². The van der Waals surface area contributed by atoms with E-state index in [1.54, 1.807) is 0 Å². The first-order valence-corrected chi connectivity index (χ1v) is 4.66. The standard InChI is InChI=1S/C11H10F3NO2/c12-11(13,14)8-5-4-7(6-9(8)15)2-1-3-10(16)17/h1-2,4-6H,3,15H2,(H,16,17). The predicted molar refractivity (Wildman–Crippen MR) is 57.1 cm³/mol. The molecule has 92 valence electrons. The van der Waals surface area contributed by atoms with Crippen LogP contribution in [0.3, 0.4) is 0 Å². The molecule has 1 aromatic carbocycles. The molecule has 6 heteroatoms. The molecule has 1 aromatic rings. The lowest BCUT2D eigenvalue weighted by Gasteiger charge is -2.09. The first-order valence-electron chi connectivity index (χ1n) is 4.66. The van der Waals surface area contributed by atoms with Crippen molar-refractivity contribution in [1.29, 1.82) is 0 Å². The van der Waals surface area contributed by atoms with Crippen molar-refractivity contribution in [2.24, 2.45) is 0 Å². The van der Waals surface area contributed by atoms with E-state index in [4.69, 9.17) is 10.8 Å². The van der Waals surface area contributed by atoms with Gasteiger partial charge in [-0.1, -0.05) is 18.2 Å². The van der Waals surface area contributed by atoms with Crippen LogP contribution in [0.2, 0.25) is 0 Å². The van der Waals surface area contributed by atoms with Crippen LogP contribution in [0.4, 0.5) is 18.9 Å². The average molecular weight is 245 g/mol. The highest BCUT2D eigenvalue weighted by atomic mass is 19.4. The lowest BCUT2D eigenvalue weighted by atomic mass is 10.1. The van der Waals surface area contributed by atoms with Gasteiger partial charge in [-0.3, -0.25) is 4.79 Å². The second-order valence-corrected chi connectivity index (χ2v) is 3.34. The fourth-order valence-corrected chi connectivity index (χ4v) is 1.24. The van der Waals surface area contributed by atoms with Crippen molar-refractivity contribution in [3.63, 3.8) is 0 Å². The SMILES string of the molecule is Nc1cc(C=CCC(=O)O)ccc1C(F)(F)F. The molecule has 17 heavy (non-hydrogen) atoms. The summed E-state index contributed by atoms with van der Waals surface area (Å²) in [6.07, 6.45) is -1.93. The highest BCUT2D eigenvalue weighted by molar-refractivity contribution is 5.70. The molecular formula is C11H10F3NO2. The molecule has 0 aliphatic rings. The molecule has 0 aliphatic carbocycles. The van der Waals surface area contributed by atoms with Crippen LogP contribution in [-0.4, -0.2) is 11.1 Å². The van der Waals surface area contributed by atoms with Crippen molar-refractivity contribution in [1.82, 2.24) is 0 Å². The van der Waals surface area contributed by atoms with Gasteiger partial charge in [-0.05, 0) is 17.7 Å². The van der Waals surface area contributed by atoms with Gasteiger partial charge in [0.2, 0.25) is 0 Å². The van der Waals surface area contributed by atoms with Crippen LogP contribution in [-0.2, 0) is 11.0 Å². The first-order chi connectivity index (χ1) is 7.80. The molecule has 3 N–H and O–H groups in total. The maximum absolute atomic E-state index is 12.4. The van der Waals surface area contributed by atoms with E-state index >= 15 is 0 Å². The fourth-order valence-electron chi connectivity index (χ4n) is 1.24. The number of nitrogen functional groups attached to an aromatic ring is 1. The summed E-state index contributed by atoms with van der Waals surface area (Å²) in [4.78, 5) is 10.2. The molecule has 0 aliphatic heterocycles. The van der Waals surface area contributed by atoms with Crippen molar-refractivity contribution in [3.8, 4) is 0 Å². The Morgan fingerprint density at radius 2 is 2.06 bits per heavy atom. The third-order valence-electron chi connectivity index (χ3n) is 1.98. The van der Waals surface area contributed by atoms with Gasteiger partial charge in [0.15, 0.2) is 0 Å². The predicted octanol–water partition coefficient (Wildman–Crippen LogP) is 2.78. The fraction of sp³-hybridized carbons (Fsp3) is 0.182. The maximum atomic E-state index is 12.4. The average Bonchev–Trinajstić information content (AvgIpc) is 2.14. The molecule has 0 saturated heterocycles. The number of carboxylic acid groups (broad SMARTS) is 1. The summed E-state index contributed by atoms with van der Waals surface area (Å²) < 4.78 is 37.1. The van der Waals surface area contributed by atoms with Crippen LogP contribution in [0.25, 0.3) is 6.08 Å². The molecule has 0 saturated carbocycles. The largest absolute Gasteiger partial charge is 0.481 e. The lowest BCUT2D eigenvalue weighted by molar-refractivity contribution is -0.137. The van der Waals surface area contributed by atoms with E-state index in [-0.39, 0.29) is 12.1 Å². The zero-order chi connectivity index (χ0) is 13.1. The molecule has 0 bridgehead atoms. The van der Waals surface area contributed by atoms with Crippen LogP contribution in [0.5, 0.6) is 0 Å². The Kier molecular flexibility index (Phi) is 3.77. The minimum absolute atomic E-state index is 0.194. The van der Waals surface area contributed by atoms with Gasteiger partial charge in [0, 0.05) is 5.69 Å². The molecule has 0 unspecified atom stereocenters. The van der Waals surface area contributed by atoms with Crippen molar-refractivity contribution >= 4 is 17.7 Å². The number of alkyl halides is 3. The topological polar surface area (TPSA) is 63.3 Å². The van der Waals surface area contributed by atoms with E-state index in [2.05, 4.69) is 0 Å². The van der Waals surface area contributed by atoms with Crippen molar-refractivity contribution in [2.75, 3.05) is 5.73 Å². The number of nitrogens with two attached hydrogens (primary N) is 1. The Morgan fingerprint density at radius 3 is 2.53 bits per heavy atom. The molecule has 0 heterocycles. The second-order valence-electron chi connectivity index (χ2n) is 3.34. The summed E-state index contributed by atoms with van der Waals surface area (Å²) in [7, 11) is 0. The number of halogens is 3. The minimum Gasteiger partial charge on any atom is -0.481 e. The number of benzene rings is 1. The maximum Gasteiger partial charge on any atom is 0.418 e. The molecule has 0 atom stereocenters. The molecule has 0 amide bonds. The normalized spacial score (nSPS) is 11.9. The van der Waals surface area contributed by atoms with Crippen LogP contribution < -0.4 is 5.73 Å². The third-order valence-corrected chi connectivity index (χ3v) is 1.98. The monoisotopic (exact) mass is 245 g/mol. The number of carboxylic acids is 1. The summed E-state index contributed by atoms with van der Waals surface area (Å²) >= 11 is 0. The smallest absolute Gasteiger partial charge is 0.418 e. The van der Waals surface area contributed by atoms with E-state index in [0.29, 0.717) is 5.56 Å². The van der Waals surface area contributed by atoms with Gasteiger partial charge >= 0.3 is 12.1 Å². The Bertz CT molecular complexity index is 453. The Hall–Kier alpha value is -1.98. The number of carbonyl (C=O) groups is 1.